The standard InChI is InChI=1S/C9H11NO.ClH/c1-7-6-10-8-4-2-3-5-9(8)11-7;/h2-5,7,10H,6H2,1H3;1H/t7-;/m1./s1. The number of rotatable bonds is 0. The van der Waals surface area contributed by atoms with E-state index in [0.717, 1.165) is 18.0 Å². The third-order valence-electron chi connectivity index (χ3n) is 1.80. The van der Waals surface area contributed by atoms with Gasteiger partial charge in [-0.25, -0.2) is 0 Å². The summed E-state index contributed by atoms with van der Waals surface area (Å²) in [5.41, 5.74) is 1.10. The van der Waals surface area contributed by atoms with E-state index in [4.69, 9.17) is 4.74 Å². The molecule has 0 unspecified atom stereocenters. The Morgan fingerprint density at radius 1 is 1.42 bits per heavy atom. The summed E-state index contributed by atoms with van der Waals surface area (Å²) in [6, 6.07) is 8.00. The summed E-state index contributed by atoms with van der Waals surface area (Å²) in [5.74, 6) is 0.964. The fraction of sp³-hybridized carbons (Fsp3) is 0.333. The minimum atomic E-state index is 0. The van der Waals surface area contributed by atoms with Crippen LogP contribution in [0.3, 0.4) is 0 Å². The van der Waals surface area contributed by atoms with Crippen molar-refractivity contribution in [3.05, 3.63) is 24.3 Å². The number of hydrogen-bond donors (Lipinski definition) is 1. The van der Waals surface area contributed by atoms with Gasteiger partial charge in [-0.3, -0.25) is 0 Å². The van der Waals surface area contributed by atoms with Crippen LogP contribution in [0.1, 0.15) is 6.92 Å². The zero-order valence-electron chi connectivity index (χ0n) is 6.91. The van der Waals surface area contributed by atoms with Gasteiger partial charge in [0.1, 0.15) is 11.9 Å². The maximum atomic E-state index is 5.57. The van der Waals surface area contributed by atoms with Crippen molar-refractivity contribution in [3.8, 4) is 5.75 Å². The highest BCUT2D eigenvalue weighted by molar-refractivity contribution is 5.85. The SMILES string of the molecule is C[C@@H]1CNc2ccccc2O1.Cl. The van der Waals surface area contributed by atoms with Crippen molar-refractivity contribution in [1.29, 1.82) is 0 Å². The molecule has 0 aromatic heterocycles. The van der Waals surface area contributed by atoms with E-state index >= 15 is 0 Å². The van der Waals surface area contributed by atoms with Crippen LogP contribution in [0.4, 0.5) is 5.69 Å². The molecule has 0 radical (unpaired) electrons. The quantitative estimate of drug-likeness (QED) is 0.670. The average molecular weight is 186 g/mol. The highest BCUT2D eigenvalue weighted by atomic mass is 35.5. The molecule has 66 valence electrons. The smallest absolute Gasteiger partial charge is 0.142 e. The molecule has 0 amide bonds. The molecule has 1 heterocycles. The average Bonchev–Trinajstić information content (AvgIpc) is 2.04. The van der Waals surface area contributed by atoms with Gasteiger partial charge in [-0.2, -0.15) is 0 Å². The van der Waals surface area contributed by atoms with E-state index in [1.807, 2.05) is 24.3 Å². The van der Waals surface area contributed by atoms with Crippen LogP contribution in [0.2, 0.25) is 0 Å². The lowest BCUT2D eigenvalue weighted by atomic mass is 10.2. The Hall–Kier alpha value is -0.890. The highest BCUT2D eigenvalue weighted by Crippen LogP contribution is 2.27. The fourth-order valence-electron chi connectivity index (χ4n) is 1.23. The van der Waals surface area contributed by atoms with Gasteiger partial charge in [0.2, 0.25) is 0 Å². The summed E-state index contributed by atoms with van der Waals surface area (Å²) in [6.45, 7) is 2.96. The number of hydrogen-bond acceptors (Lipinski definition) is 2. The molecule has 3 heteroatoms. The van der Waals surface area contributed by atoms with Gasteiger partial charge in [-0.15, -0.1) is 12.4 Å². The number of anilines is 1. The minimum Gasteiger partial charge on any atom is -0.487 e. The first kappa shape index (κ1) is 9.20. The van der Waals surface area contributed by atoms with Crippen molar-refractivity contribution in [3.63, 3.8) is 0 Å². The van der Waals surface area contributed by atoms with E-state index in [0.29, 0.717) is 0 Å². The summed E-state index contributed by atoms with van der Waals surface area (Å²) in [6.07, 6.45) is 0.282. The molecule has 2 nitrogen and oxygen atoms in total. The molecule has 1 atom stereocenters. The van der Waals surface area contributed by atoms with E-state index in [1.54, 1.807) is 0 Å². The molecule has 1 aromatic carbocycles. The maximum absolute atomic E-state index is 5.57. The van der Waals surface area contributed by atoms with Gasteiger partial charge in [0.15, 0.2) is 0 Å². The van der Waals surface area contributed by atoms with E-state index in [-0.39, 0.29) is 18.5 Å². The van der Waals surface area contributed by atoms with Gasteiger partial charge < -0.3 is 10.1 Å². The zero-order valence-corrected chi connectivity index (χ0v) is 7.73. The lowest BCUT2D eigenvalue weighted by Crippen LogP contribution is -2.27. The topological polar surface area (TPSA) is 21.3 Å². The number of fused-ring (bicyclic) bond motifs is 1. The van der Waals surface area contributed by atoms with Crippen LogP contribution in [-0.2, 0) is 0 Å². The van der Waals surface area contributed by atoms with Crippen molar-refractivity contribution in [2.45, 2.75) is 13.0 Å². The summed E-state index contributed by atoms with van der Waals surface area (Å²) < 4.78 is 5.57. The van der Waals surface area contributed by atoms with Gasteiger partial charge in [0, 0.05) is 0 Å². The Morgan fingerprint density at radius 3 is 3.00 bits per heavy atom. The van der Waals surface area contributed by atoms with Crippen LogP contribution < -0.4 is 10.1 Å². The molecular formula is C9H12ClNO. The number of para-hydroxylation sites is 2. The van der Waals surface area contributed by atoms with E-state index in [1.165, 1.54) is 0 Å². The lowest BCUT2D eigenvalue weighted by Gasteiger charge is -2.24. The van der Waals surface area contributed by atoms with Crippen molar-refractivity contribution in [2.75, 3.05) is 11.9 Å². The summed E-state index contributed by atoms with van der Waals surface area (Å²) in [4.78, 5) is 0. The van der Waals surface area contributed by atoms with Gasteiger partial charge in [0.05, 0.1) is 12.2 Å². The second-order valence-electron chi connectivity index (χ2n) is 2.81. The molecule has 0 saturated carbocycles. The predicted octanol–water partition coefficient (Wildman–Crippen LogP) is 2.30. The number of ether oxygens (including phenoxy) is 1. The fourth-order valence-corrected chi connectivity index (χ4v) is 1.23. The third kappa shape index (κ3) is 1.64. The normalized spacial score (nSPS) is 19.6. The van der Waals surface area contributed by atoms with Crippen LogP contribution in [0.15, 0.2) is 24.3 Å². The number of nitrogens with one attached hydrogen (secondary N) is 1. The largest absolute Gasteiger partial charge is 0.487 e. The Labute approximate surface area is 78.3 Å². The van der Waals surface area contributed by atoms with Crippen LogP contribution >= 0.6 is 12.4 Å². The summed E-state index contributed by atoms with van der Waals surface area (Å²) >= 11 is 0. The molecule has 12 heavy (non-hydrogen) atoms. The second-order valence-corrected chi connectivity index (χ2v) is 2.81. The van der Waals surface area contributed by atoms with Crippen molar-refractivity contribution in [1.82, 2.24) is 0 Å². The molecule has 0 aliphatic carbocycles. The molecule has 1 aromatic rings. The molecule has 1 aliphatic heterocycles. The Balaban J connectivity index is 0.000000720. The molecule has 2 rings (SSSR count). The van der Waals surface area contributed by atoms with Crippen LogP contribution in [0, 0.1) is 0 Å². The van der Waals surface area contributed by atoms with Gasteiger partial charge in [-0.1, -0.05) is 12.1 Å². The zero-order chi connectivity index (χ0) is 7.68. The highest BCUT2D eigenvalue weighted by Gasteiger charge is 2.13. The Kier molecular flexibility index (Phi) is 2.82. The van der Waals surface area contributed by atoms with Crippen molar-refractivity contribution in [2.24, 2.45) is 0 Å². The lowest BCUT2D eigenvalue weighted by molar-refractivity contribution is 0.226. The second kappa shape index (κ2) is 3.68. The number of halogens is 1. The maximum Gasteiger partial charge on any atom is 0.142 e. The third-order valence-corrected chi connectivity index (χ3v) is 1.80. The van der Waals surface area contributed by atoms with E-state index in [2.05, 4.69) is 12.2 Å². The van der Waals surface area contributed by atoms with Gasteiger partial charge in [-0.05, 0) is 19.1 Å². The molecule has 0 bridgehead atoms. The van der Waals surface area contributed by atoms with Gasteiger partial charge >= 0.3 is 0 Å². The number of benzene rings is 1. The van der Waals surface area contributed by atoms with Crippen LogP contribution in [0.25, 0.3) is 0 Å². The Morgan fingerprint density at radius 2 is 2.17 bits per heavy atom. The molecule has 1 aliphatic rings. The predicted molar refractivity (Wildman–Crippen MR) is 52.3 cm³/mol. The van der Waals surface area contributed by atoms with Crippen LogP contribution in [-0.4, -0.2) is 12.6 Å². The van der Waals surface area contributed by atoms with E-state index < -0.39 is 0 Å². The minimum absolute atomic E-state index is 0. The molecular weight excluding hydrogens is 174 g/mol. The first-order valence-electron chi connectivity index (χ1n) is 3.86. The van der Waals surface area contributed by atoms with Gasteiger partial charge in [0.25, 0.3) is 0 Å². The van der Waals surface area contributed by atoms with E-state index in [9.17, 15) is 0 Å². The molecule has 0 fully saturated rings. The first-order valence-corrected chi connectivity index (χ1v) is 3.86. The molecule has 1 N–H and O–H groups in total. The molecule has 0 saturated heterocycles. The Bertz CT molecular complexity index is 264. The monoisotopic (exact) mass is 185 g/mol. The summed E-state index contributed by atoms with van der Waals surface area (Å²) in [7, 11) is 0. The van der Waals surface area contributed by atoms with Crippen molar-refractivity contribution >= 4 is 18.1 Å². The van der Waals surface area contributed by atoms with Crippen molar-refractivity contribution < 1.29 is 4.74 Å². The molecule has 0 spiro atoms. The first-order chi connectivity index (χ1) is 5.36. The summed E-state index contributed by atoms with van der Waals surface area (Å²) in [5, 5.41) is 3.29. The van der Waals surface area contributed by atoms with Crippen LogP contribution in [0.5, 0.6) is 5.75 Å².